The lowest BCUT2D eigenvalue weighted by atomic mass is 10.0. The third-order valence-corrected chi connectivity index (χ3v) is 7.29. The minimum atomic E-state index is -4.52. The molecule has 0 saturated carbocycles. The second-order valence-electron chi connectivity index (χ2n) is 7.99. The van der Waals surface area contributed by atoms with Crippen LogP contribution in [0.25, 0.3) is 0 Å². The number of anilines is 1. The molecule has 1 N–H and O–H groups in total. The van der Waals surface area contributed by atoms with Crippen LogP contribution in [0.3, 0.4) is 0 Å². The van der Waals surface area contributed by atoms with Crippen molar-refractivity contribution in [2.24, 2.45) is 0 Å². The molecule has 1 saturated heterocycles. The summed E-state index contributed by atoms with van der Waals surface area (Å²) in [4.78, 5) is 14.2. The van der Waals surface area contributed by atoms with Crippen LogP contribution in [0.2, 0.25) is 0 Å². The fraction of sp³-hybridized carbons (Fsp3) is 0.409. The molecule has 6 nitrogen and oxygen atoms in total. The Morgan fingerprint density at radius 3 is 2.16 bits per heavy atom. The van der Waals surface area contributed by atoms with E-state index in [0.29, 0.717) is 13.1 Å². The van der Waals surface area contributed by atoms with Gasteiger partial charge < -0.3 is 5.32 Å². The van der Waals surface area contributed by atoms with Gasteiger partial charge in [-0.25, -0.2) is 8.42 Å². The van der Waals surface area contributed by atoms with E-state index < -0.39 is 21.8 Å². The van der Waals surface area contributed by atoms with Crippen LogP contribution in [0.5, 0.6) is 0 Å². The Balaban J connectivity index is 1.57. The Morgan fingerprint density at radius 2 is 1.59 bits per heavy atom. The number of rotatable bonds is 6. The van der Waals surface area contributed by atoms with Gasteiger partial charge in [-0.2, -0.15) is 17.5 Å². The molecule has 10 heteroatoms. The van der Waals surface area contributed by atoms with Gasteiger partial charge in [0, 0.05) is 31.9 Å². The summed E-state index contributed by atoms with van der Waals surface area (Å²) in [6, 6.07) is 11.1. The molecule has 0 bridgehead atoms. The van der Waals surface area contributed by atoms with Crippen molar-refractivity contribution in [3.8, 4) is 0 Å². The topological polar surface area (TPSA) is 69.7 Å². The fourth-order valence-electron chi connectivity index (χ4n) is 3.60. The molecule has 3 rings (SSSR count). The van der Waals surface area contributed by atoms with Crippen molar-refractivity contribution in [1.29, 1.82) is 0 Å². The van der Waals surface area contributed by atoms with Crippen LogP contribution in [-0.4, -0.2) is 56.3 Å². The zero-order valence-corrected chi connectivity index (χ0v) is 18.7. The molecule has 1 fully saturated rings. The summed E-state index contributed by atoms with van der Waals surface area (Å²) >= 11 is 0. The monoisotopic (exact) mass is 469 g/mol. The van der Waals surface area contributed by atoms with Crippen molar-refractivity contribution in [2.45, 2.75) is 30.8 Å². The standard InChI is InChI=1S/C22H26F3N3O3S/c1-16(2)19-5-3-4-6-20(19)26-21(29)15-27-11-13-28(14-12-27)32(30,31)18-9-7-17(8-10-18)22(23,24)25/h3-10,16H,11-15H2,1-2H3,(H,26,29). The lowest BCUT2D eigenvalue weighted by Crippen LogP contribution is -2.50. The number of para-hydroxylation sites is 1. The van der Waals surface area contributed by atoms with Crippen molar-refractivity contribution in [3.63, 3.8) is 0 Å². The number of nitrogens with zero attached hydrogens (tertiary/aromatic N) is 2. The largest absolute Gasteiger partial charge is 0.416 e. The van der Waals surface area contributed by atoms with Gasteiger partial charge in [-0.3, -0.25) is 9.69 Å². The zero-order valence-electron chi connectivity index (χ0n) is 17.9. The number of alkyl halides is 3. The van der Waals surface area contributed by atoms with E-state index in [-0.39, 0.29) is 36.4 Å². The van der Waals surface area contributed by atoms with E-state index in [1.807, 2.05) is 43.0 Å². The van der Waals surface area contributed by atoms with E-state index in [2.05, 4.69) is 5.32 Å². The average Bonchev–Trinajstić information content (AvgIpc) is 2.74. The van der Waals surface area contributed by atoms with Crippen LogP contribution in [0, 0.1) is 0 Å². The second-order valence-corrected chi connectivity index (χ2v) is 9.93. The SMILES string of the molecule is CC(C)c1ccccc1NC(=O)CN1CCN(S(=O)(=O)c2ccc(C(F)(F)F)cc2)CC1. The number of nitrogens with one attached hydrogen (secondary N) is 1. The summed E-state index contributed by atoms with van der Waals surface area (Å²) in [7, 11) is -3.90. The van der Waals surface area contributed by atoms with Crippen molar-refractivity contribution in [3.05, 3.63) is 59.7 Å². The van der Waals surface area contributed by atoms with Crippen LogP contribution in [0.15, 0.2) is 53.4 Å². The summed E-state index contributed by atoms with van der Waals surface area (Å²) in [6.45, 7) is 5.21. The molecule has 174 valence electrons. The summed E-state index contributed by atoms with van der Waals surface area (Å²) in [5.41, 5.74) is 0.899. The van der Waals surface area contributed by atoms with Gasteiger partial charge in [0.05, 0.1) is 17.0 Å². The maximum atomic E-state index is 12.8. The first kappa shape index (κ1) is 24.2. The molecular weight excluding hydrogens is 443 g/mol. The zero-order chi connectivity index (χ0) is 23.5. The van der Waals surface area contributed by atoms with Gasteiger partial charge in [-0.15, -0.1) is 0 Å². The highest BCUT2D eigenvalue weighted by Crippen LogP contribution is 2.30. The van der Waals surface area contributed by atoms with Crippen LogP contribution in [-0.2, 0) is 21.0 Å². The van der Waals surface area contributed by atoms with Crippen LogP contribution < -0.4 is 5.32 Å². The van der Waals surface area contributed by atoms with E-state index in [0.717, 1.165) is 35.5 Å². The molecule has 2 aromatic carbocycles. The number of piperazine rings is 1. The molecule has 1 amide bonds. The minimum Gasteiger partial charge on any atom is -0.325 e. The van der Waals surface area contributed by atoms with Crippen LogP contribution in [0.1, 0.15) is 30.9 Å². The normalized spacial score (nSPS) is 16.3. The lowest BCUT2D eigenvalue weighted by Gasteiger charge is -2.33. The van der Waals surface area contributed by atoms with E-state index in [9.17, 15) is 26.4 Å². The number of hydrogen-bond donors (Lipinski definition) is 1. The summed E-state index contributed by atoms with van der Waals surface area (Å²) < 4.78 is 64.9. The summed E-state index contributed by atoms with van der Waals surface area (Å²) in [5, 5.41) is 2.92. The van der Waals surface area contributed by atoms with Crippen LogP contribution in [0.4, 0.5) is 18.9 Å². The van der Waals surface area contributed by atoms with Gasteiger partial charge >= 0.3 is 6.18 Å². The van der Waals surface area contributed by atoms with Gasteiger partial charge in [0.2, 0.25) is 15.9 Å². The van der Waals surface area contributed by atoms with E-state index in [1.165, 1.54) is 4.31 Å². The Labute approximate surface area is 186 Å². The van der Waals surface area contributed by atoms with Crippen LogP contribution >= 0.6 is 0 Å². The molecule has 32 heavy (non-hydrogen) atoms. The number of halogens is 3. The van der Waals surface area contributed by atoms with Gasteiger partial charge in [-0.1, -0.05) is 32.0 Å². The maximum absolute atomic E-state index is 12.8. The van der Waals surface area contributed by atoms with Gasteiger partial charge in [0.1, 0.15) is 0 Å². The van der Waals surface area contributed by atoms with Gasteiger partial charge in [0.25, 0.3) is 0 Å². The fourth-order valence-corrected chi connectivity index (χ4v) is 5.02. The molecule has 1 aliphatic heterocycles. The summed E-state index contributed by atoms with van der Waals surface area (Å²) in [6.07, 6.45) is -4.52. The van der Waals surface area contributed by atoms with E-state index in [1.54, 1.807) is 0 Å². The Bertz CT molecular complexity index is 1050. The first-order chi connectivity index (χ1) is 15.0. The van der Waals surface area contributed by atoms with Crippen molar-refractivity contribution in [1.82, 2.24) is 9.21 Å². The molecule has 2 aromatic rings. The van der Waals surface area contributed by atoms with Crippen molar-refractivity contribution < 1.29 is 26.4 Å². The van der Waals surface area contributed by atoms with Crippen molar-refractivity contribution in [2.75, 3.05) is 38.0 Å². The third-order valence-electron chi connectivity index (χ3n) is 5.37. The number of carbonyl (C=O) groups is 1. The first-order valence-electron chi connectivity index (χ1n) is 10.3. The molecule has 0 spiro atoms. The number of sulfonamides is 1. The Kier molecular flexibility index (Phi) is 7.26. The quantitative estimate of drug-likeness (QED) is 0.699. The molecular formula is C22H26F3N3O3S. The number of benzene rings is 2. The second kappa shape index (κ2) is 9.60. The molecule has 1 heterocycles. The third kappa shape index (κ3) is 5.67. The Hall–Kier alpha value is -2.43. The molecule has 0 unspecified atom stereocenters. The van der Waals surface area contributed by atoms with Gasteiger partial charge in [0.15, 0.2) is 0 Å². The predicted octanol–water partition coefficient (Wildman–Crippen LogP) is 3.77. The number of hydrogen-bond acceptors (Lipinski definition) is 4. The number of carbonyl (C=O) groups excluding carboxylic acids is 1. The molecule has 0 aromatic heterocycles. The highest BCUT2D eigenvalue weighted by atomic mass is 32.2. The lowest BCUT2D eigenvalue weighted by molar-refractivity contribution is -0.137. The Morgan fingerprint density at radius 1 is 1.00 bits per heavy atom. The van der Waals surface area contributed by atoms with E-state index >= 15 is 0 Å². The predicted molar refractivity (Wildman–Crippen MR) is 116 cm³/mol. The smallest absolute Gasteiger partial charge is 0.325 e. The van der Waals surface area contributed by atoms with E-state index in [4.69, 9.17) is 0 Å². The van der Waals surface area contributed by atoms with Gasteiger partial charge in [-0.05, 0) is 41.8 Å². The first-order valence-corrected chi connectivity index (χ1v) is 11.7. The highest BCUT2D eigenvalue weighted by molar-refractivity contribution is 7.89. The minimum absolute atomic E-state index is 0.126. The maximum Gasteiger partial charge on any atom is 0.416 e. The molecule has 0 aliphatic carbocycles. The molecule has 0 radical (unpaired) electrons. The average molecular weight is 470 g/mol. The summed E-state index contributed by atoms with van der Waals surface area (Å²) in [5.74, 6) is 0.0718. The van der Waals surface area contributed by atoms with Crippen molar-refractivity contribution >= 4 is 21.6 Å². The number of amides is 1. The molecule has 0 atom stereocenters. The molecule has 1 aliphatic rings. The highest BCUT2D eigenvalue weighted by Gasteiger charge is 2.32.